The predicted molar refractivity (Wildman–Crippen MR) is 59.6 cm³/mol. The van der Waals surface area contributed by atoms with Gasteiger partial charge in [0.2, 0.25) is 0 Å². The highest BCUT2D eigenvalue weighted by molar-refractivity contribution is 5.87. The van der Waals surface area contributed by atoms with Gasteiger partial charge < -0.3 is 14.4 Å². The molecule has 0 spiro atoms. The number of aliphatic hydroxyl groups is 1. The molecule has 0 bridgehead atoms. The van der Waals surface area contributed by atoms with E-state index in [4.69, 9.17) is 4.74 Å². The second kappa shape index (κ2) is 3.09. The number of rotatable bonds is 0. The van der Waals surface area contributed by atoms with Gasteiger partial charge in [-0.25, -0.2) is 0 Å². The standard InChI is InChI=1S/C12H11NO3/c1-13-8-5-3-2-4-7(8)11-10(12(13)15)9(14)6-16-11/h2-5,9,14H,6H2,1H3. The summed E-state index contributed by atoms with van der Waals surface area (Å²) in [5.74, 6) is 0.534. The van der Waals surface area contributed by atoms with Gasteiger partial charge in [-0.3, -0.25) is 4.79 Å². The van der Waals surface area contributed by atoms with Gasteiger partial charge in [-0.1, -0.05) is 12.1 Å². The van der Waals surface area contributed by atoms with Crippen LogP contribution in [0.1, 0.15) is 11.7 Å². The number of nitrogens with zero attached hydrogens (tertiary/aromatic N) is 1. The topological polar surface area (TPSA) is 51.5 Å². The van der Waals surface area contributed by atoms with Crippen molar-refractivity contribution < 1.29 is 9.84 Å². The van der Waals surface area contributed by atoms with Crippen molar-refractivity contribution in [2.45, 2.75) is 6.10 Å². The Balaban J connectivity index is 2.55. The number of aryl methyl sites for hydroxylation is 1. The van der Waals surface area contributed by atoms with E-state index in [-0.39, 0.29) is 12.2 Å². The lowest BCUT2D eigenvalue weighted by atomic mass is 10.1. The molecule has 2 aromatic rings. The van der Waals surface area contributed by atoms with Crippen molar-refractivity contribution in [1.82, 2.24) is 4.57 Å². The van der Waals surface area contributed by atoms with Crippen molar-refractivity contribution in [3.05, 3.63) is 40.2 Å². The third kappa shape index (κ3) is 1.05. The molecular formula is C12H11NO3. The van der Waals surface area contributed by atoms with Crippen LogP contribution in [0.25, 0.3) is 10.9 Å². The van der Waals surface area contributed by atoms with Gasteiger partial charge in [0.1, 0.15) is 18.5 Å². The first-order valence-electron chi connectivity index (χ1n) is 5.12. The first-order valence-corrected chi connectivity index (χ1v) is 5.12. The van der Waals surface area contributed by atoms with Crippen molar-refractivity contribution in [2.24, 2.45) is 7.05 Å². The van der Waals surface area contributed by atoms with E-state index >= 15 is 0 Å². The van der Waals surface area contributed by atoms with Crippen LogP contribution in [0, 0.1) is 0 Å². The summed E-state index contributed by atoms with van der Waals surface area (Å²) in [4.78, 5) is 12.0. The number of benzene rings is 1. The Bertz CT molecular complexity index is 630. The summed E-state index contributed by atoms with van der Waals surface area (Å²) < 4.78 is 6.94. The van der Waals surface area contributed by atoms with E-state index < -0.39 is 6.10 Å². The molecule has 1 atom stereocenters. The van der Waals surface area contributed by atoms with Crippen LogP contribution in [0.4, 0.5) is 0 Å². The number of aromatic nitrogens is 1. The molecule has 1 aromatic heterocycles. The number of hydrogen-bond donors (Lipinski definition) is 1. The van der Waals surface area contributed by atoms with Crippen LogP contribution in [0.5, 0.6) is 5.75 Å². The van der Waals surface area contributed by atoms with Gasteiger partial charge >= 0.3 is 0 Å². The molecule has 0 fully saturated rings. The van der Waals surface area contributed by atoms with Crippen molar-refractivity contribution in [3.63, 3.8) is 0 Å². The summed E-state index contributed by atoms with van der Waals surface area (Å²) in [6.45, 7) is 0.165. The monoisotopic (exact) mass is 217 g/mol. The van der Waals surface area contributed by atoms with E-state index in [1.165, 1.54) is 0 Å². The lowest BCUT2D eigenvalue weighted by Crippen LogP contribution is -2.22. The zero-order valence-electron chi connectivity index (χ0n) is 8.80. The van der Waals surface area contributed by atoms with E-state index in [9.17, 15) is 9.90 Å². The van der Waals surface area contributed by atoms with E-state index in [0.29, 0.717) is 11.3 Å². The van der Waals surface area contributed by atoms with Crippen LogP contribution >= 0.6 is 0 Å². The van der Waals surface area contributed by atoms with Crippen LogP contribution in [-0.4, -0.2) is 16.3 Å². The molecule has 0 saturated heterocycles. The maximum atomic E-state index is 12.0. The Morgan fingerprint density at radius 3 is 3.00 bits per heavy atom. The molecule has 1 N–H and O–H groups in total. The molecule has 0 radical (unpaired) electrons. The number of fused-ring (bicyclic) bond motifs is 3. The molecule has 4 heteroatoms. The van der Waals surface area contributed by atoms with Gasteiger partial charge in [-0.05, 0) is 12.1 Å². The third-order valence-electron chi connectivity index (χ3n) is 3.01. The van der Waals surface area contributed by atoms with E-state index in [1.54, 1.807) is 11.6 Å². The summed E-state index contributed by atoms with van der Waals surface area (Å²) in [5.41, 5.74) is 1.01. The zero-order valence-corrected chi connectivity index (χ0v) is 8.80. The molecule has 1 unspecified atom stereocenters. The van der Waals surface area contributed by atoms with Gasteiger partial charge in [0.05, 0.1) is 11.1 Å². The average Bonchev–Trinajstić information content (AvgIpc) is 2.69. The smallest absolute Gasteiger partial charge is 0.260 e. The summed E-state index contributed by atoms with van der Waals surface area (Å²) in [6.07, 6.45) is -0.807. The van der Waals surface area contributed by atoms with Gasteiger partial charge in [0, 0.05) is 12.4 Å². The number of ether oxygens (including phenoxy) is 1. The summed E-state index contributed by atoms with van der Waals surface area (Å²) in [7, 11) is 1.70. The molecule has 4 nitrogen and oxygen atoms in total. The maximum absolute atomic E-state index is 12.0. The number of pyridine rings is 1. The Kier molecular flexibility index (Phi) is 1.82. The molecule has 0 saturated carbocycles. The summed E-state index contributed by atoms with van der Waals surface area (Å²) in [5, 5.41) is 10.6. The van der Waals surface area contributed by atoms with Gasteiger partial charge in [-0.2, -0.15) is 0 Å². The van der Waals surface area contributed by atoms with Crippen LogP contribution in [-0.2, 0) is 7.05 Å². The molecule has 1 aliphatic heterocycles. The van der Waals surface area contributed by atoms with Crippen molar-refractivity contribution in [3.8, 4) is 5.75 Å². The minimum absolute atomic E-state index is 0.165. The summed E-state index contributed by atoms with van der Waals surface area (Å²) >= 11 is 0. The number of aliphatic hydroxyl groups excluding tert-OH is 1. The van der Waals surface area contributed by atoms with Crippen LogP contribution in [0.2, 0.25) is 0 Å². The first-order chi connectivity index (χ1) is 7.70. The Labute approximate surface area is 91.7 Å². The minimum atomic E-state index is -0.807. The van der Waals surface area contributed by atoms with E-state index in [1.807, 2.05) is 24.3 Å². The van der Waals surface area contributed by atoms with E-state index in [2.05, 4.69) is 0 Å². The third-order valence-corrected chi connectivity index (χ3v) is 3.01. The van der Waals surface area contributed by atoms with Crippen LogP contribution in [0.15, 0.2) is 29.1 Å². The average molecular weight is 217 g/mol. The van der Waals surface area contributed by atoms with Crippen molar-refractivity contribution in [1.29, 1.82) is 0 Å². The Morgan fingerprint density at radius 1 is 1.44 bits per heavy atom. The van der Waals surface area contributed by atoms with Crippen LogP contribution in [0.3, 0.4) is 0 Å². The predicted octanol–water partition coefficient (Wildman–Crippen LogP) is 0.964. The molecule has 1 aliphatic rings. The maximum Gasteiger partial charge on any atom is 0.260 e. The molecule has 0 aliphatic carbocycles. The highest BCUT2D eigenvalue weighted by atomic mass is 16.5. The number of hydrogen-bond acceptors (Lipinski definition) is 3. The van der Waals surface area contributed by atoms with Gasteiger partial charge in [0.15, 0.2) is 0 Å². The molecule has 3 rings (SSSR count). The molecule has 0 amide bonds. The molecule has 16 heavy (non-hydrogen) atoms. The Hall–Kier alpha value is -1.81. The fraction of sp³-hybridized carbons (Fsp3) is 0.250. The molecule has 2 heterocycles. The summed E-state index contributed by atoms with van der Waals surface area (Å²) in [6, 6.07) is 7.53. The number of para-hydroxylation sites is 1. The van der Waals surface area contributed by atoms with E-state index in [0.717, 1.165) is 10.9 Å². The SMILES string of the molecule is Cn1c(=O)c2c(c3ccccc31)OCC2O. The van der Waals surface area contributed by atoms with Crippen molar-refractivity contribution in [2.75, 3.05) is 6.61 Å². The lowest BCUT2D eigenvalue weighted by molar-refractivity contribution is 0.140. The first kappa shape index (κ1) is 9.42. The van der Waals surface area contributed by atoms with Gasteiger partial charge in [0.25, 0.3) is 5.56 Å². The largest absolute Gasteiger partial charge is 0.489 e. The second-order valence-corrected chi connectivity index (χ2v) is 3.95. The van der Waals surface area contributed by atoms with Crippen LogP contribution < -0.4 is 10.3 Å². The normalized spacial score (nSPS) is 18.5. The zero-order chi connectivity index (χ0) is 11.3. The molecule has 1 aromatic carbocycles. The Morgan fingerprint density at radius 2 is 2.19 bits per heavy atom. The molecular weight excluding hydrogens is 206 g/mol. The quantitative estimate of drug-likeness (QED) is 0.715. The fourth-order valence-electron chi connectivity index (χ4n) is 2.19. The highest BCUT2D eigenvalue weighted by Crippen LogP contribution is 2.35. The fourth-order valence-corrected chi connectivity index (χ4v) is 2.19. The highest BCUT2D eigenvalue weighted by Gasteiger charge is 2.28. The molecule has 82 valence electrons. The van der Waals surface area contributed by atoms with Gasteiger partial charge in [-0.15, -0.1) is 0 Å². The second-order valence-electron chi connectivity index (χ2n) is 3.95. The van der Waals surface area contributed by atoms with Crippen molar-refractivity contribution >= 4 is 10.9 Å². The lowest BCUT2D eigenvalue weighted by Gasteiger charge is -2.09. The minimum Gasteiger partial charge on any atom is -0.489 e.